The fourth-order valence-corrected chi connectivity index (χ4v) is 2.36. The summed E-state index contributed by atoms with van der Waals surface area (Å²) in [5, 5.41) is 0. The third-order valence-corrected chi connectivity index (χ3v) is 3.34. The fraction of sp³-hybridized carbons (Fsp3) is 0.857. The zero-order valence-electron chi connectivity index (χ0n) is 10.3. The van der Waals surface area contributed by atoms with Gasteiger partial charge in [0.15, 0.2) is 0 Å². The number of hydrogen-bond acceptors (Lipinski definition) is 1. The van der Waals surface area contributed by atoms with Gasteiger partial charge < -0.3 is 5.73 Å². The fourth-order valence-electron chi connectivity index (χ4n) is 2.36. The first-order chi connectivity index (χ1) is 7.33. The Kier molecular flexibility index (Phi) is 6.74. The van der Waals surface area contributed by atoms with Gasteiger partial charge in [-0.15, -0.1) is 0 Å². The van der Waals surface area contributed by atoms with Crippen LogP contribution in [0.2, 0.25) is 0 Å². The predicted molar refractivity (Wildman–Crippen MR) is 67.9 cm³/mol. The van der Waals surface area contributed by atoms with Crippen molar-refractivity contribution in [1.29, 1.82) is 0 Å². The van der Waals surface area contributed by atoms with E-state index in [0.717, 1.165) is 6.42 Å². The van der Waals surface area contributed by atoms with E-state index in [1.807, 2.05) is 0 Å². The van der Waals surface area contributed by atoms with Crippen molar-refractivity contribution in [3.63, 3.8) is 0 Å². The molecule has 15 heavy (non-hydrogen) atoms. The number of rotatable bonds is 7. The monoisotopic (exact) mass is 209 g/mol. The molecule has 0 aliphatic heterocycles. The molecule has 0 spiro atoms. The molecular weight excluding hydrogens is 182 g/mol. The highest BCUT2D eigenvalue weighted by atomic mass is 14.6. The highest BCUT2D eigenvalue weighted by Gasteiger charge is 2.08. The molecule has 0 aromatic rings. The van der Waals surface area contributed by atoms with E-state index in [4.69, 9.17) is 5.73 Å². The lowest BCUT2D eigenvalue weighted by atomic mass is 9.93. The Morgan fingerprint density at radius 1 is 1.27 bits per heavy atom. The van der Waals surface area contributed by atoms with Gasteiger partial charge in [0.25, 0.3) is 0 Å². The quantitative estimate of drug-likeness (QED) is 0.494. The van der Waals surface area contributed by atoms with Crippen molar-refractivity contribution in [2.24, 2.45) is 5.73 Å². The van der Waals surface area contributed by atoms with Gasteiger partial charge in [-0.2, -0.15) is 0 Å². The summed E-state index contributed by atoms with van der Waals surface area (Å²) in [7, 11) is 0. The van der Waals surface area contributed by atoms with Crippen LogP contribution in [0.15, 0.2) is 11.6 Å². The Labute approximate surface area is 95.1 Å². The normalized spacial score (nSPS) is 18.7. The first kappa shape index (κ1) is 12.8. The average Bonchev–Trinajstić information content (AvgIpc) is 2.26. The molecule has 1 atom stereocenters. The molecule has 2 N–H and O–H groups in total. The molecule has 1 nitrogen and oxygen atoms in total. The Balaban J connectivity index is 2.06. The van der Waals surface area contributed by atoms with Crippen LogP contribution in [-0.4, -0.2) is 6.04 Å². The van der Waals surface area contributed by atoms with E-state index in [1.54, 1.807) is 5.57 Å². The number of hydrogen-bond donors (Lipinski definition) is 1. The molecule has 1 rings (SSSR count). The summed E-state index contributed by atoms with van der Waals surface area (Å²) in [5.41, 5.74) is 7.77. The van der Waals surface area contributed by atoms with Crippen LogP contribution in [0, 0.1) is 0 Å². The molecule has 0 heterocycles. The van der Waals surface area contributed by atoms with Gasteiger partial charge in [0, 0.05) is 6.04 Å². The molecule has 1 unspecified atom stereocenters. The van der Waals surface area contributed by atoms with Crippen molar-refractivity contribution < 1.29 is 0 Å². The summed E-state index contributed by atoms with van der Waals surface area (Å²) < 4.78 is 0. The molecule has 0 bridgehead atoms. The van der Waals surface area contributed by atoms with Gasteiger partial charge in [0.2, 0.25) is 0 Å². The molecule has 0 fully saturated rings. The van der Waals surface area contributed by atoms with Crippen molar-refractivity contribution >= 4 is 0 Å². The molecule has 1 aliphatic rings. The maximum absolute atomic E-state index is 6.15. The highest BCUT2D eigenvalue weighted by molar-refractivity contribution is 5.06. The molecule has 1 aliphatic carbocycles. The van der Waals surface area contributed by atoms with E-state index in [1.165, 1.54) is 57.8 Å². The van der Waals surface area contributed by atoms with Crippen LogP contribution in [0.1, 0.15) is 71.1 Å². The maximum atomic E-state index is 6.15. The van der Waals surface area contributed by atoms with Crippen molar-refractivity contribution in [2.75, 3.05) is 0 Å². The van der Waals surface area contributed by atoms with Gasteiger partial charge in [-0.3, -0.25) is 0 Å². The van der Waals surface area contributed by atoms with E-state index in [0.29, 0.717) is 6.04 Å². The third kappa shape index (κ3) is 5.99. The van der Waals surface area contributed by atoms with Crippen molar-refractivity contribution in [3.05, 3.63) is 11.6 Å². The summed E-state index contributed by atoms with van der Waals surface area (Å²) in [6, 6.07) is 0.422. The van der Waals surface area contributed by atoms with E-state index < -0.39 is 0 Å². The summed E-state index contributed by atoms with van der Waals surface area (Å²) in [6.07, 6.45) is 15.5. The molecule has 0 radical (unpaired) electrons. The topological polar surface area (TPSA) is 26.0 Å². The standard InChI is InChI=1S/C14H27N/c1-2-3-4-8-11-14(15)12-13-9-6-5-7-10-13/h9,14H,2-8,10-12,15H2,1H3. The van der Waals surface area contributed by atoms with E-state index in [2.05, 4.69) is 13.0 Å². The molecule has 88 valence electrons. The van der Waals surface area contributed by atoms with Gasteiger partial charge in [-0.05, 0) is 38.5 Å². The van der Waals surface area contributed by atoms with Crippen molar-refractivity contribution in [3.8, 4) is 0 Å². The molecule has 0 saturated heterocycles. The summed E-state index contributed by atoms with van der Waals surface area (Å²) >= 11 is 0. The van der Waals surface area contributed by atoms with Crippen molar-refractivity contribution in [1.82, 2.24) is 0 Å². The first-order valence-electron chi connectivity index (χ1n) is 6.76. The van der Waals surface area contributed by atoms with Crippen LogP contribution in [0.5, 0.6) is 0 Å². The summed E-state index contributed by atoms with van der Waals surface area (Å²) in [5.74, 6) is 0. The minimum absolute atomic E-state index is 0.422. The van der Waals surface area contributed by atoms with Gasteiger partial charge in [0.1, 0.15) is 0 Å². The first-order valence-corrected chi connectivity index (χ1v) is 6.76. The maximum Gasteiger partial charge on any atom is 0.00760 e. The molecule has 1 heteroatoms. The lowest BCUT2D eigenvalue weighted by molar-refractivity contribution is 0.530. The smallest absolute Gasteiger partial charge is 0.00760 e. The van der Waals surface area contributed by atoms with E-state index in [9.17, 15) is 0 Å². The Morgan fingerprint density at radius 3 is 2.80 bits per heavy atom. The molecule has 0 aromatic carbocycles. The van der Waals surface area contributed by atoms with Gasteiger partial charge in [0.05, 0.1) is 0 Å². The number of nitrogens with two attached hydrogens (primary N) is 1. The number of unbranched alkanes of at least 4 members (excludes halogenated alkanes) is 3. The van der Waals surface area contributed by atoms with E-state index in [-0.39, 0.29) is 0 Å². The van der Waals surface area contributed by atoms with Crippen LogP contribution < -0.4 is 5.73 Å². The van der Waals surface area contributed by atoms with Crippen LogP contribution in [0.4, 0.5) is 0 Å². The minimum atomic E-state index is 0.422. The van der Waals surface area contributed by atoms with Crippen LogP contribution in [-0.2, 0) is 0 Å². The zero-order valence-corrected chi connectivity index (χ0v) is 10.3. The van der Waals surface area contributed by atoms with E-state index >= 15 is 0 Å². The lowest BCUT2D eigenvalue weighted by Crippen LogP contribution is -2.20. The average molecular weight is 209 g/mol. The predicted octanol–water partition coefficient (Wildman–Crippen LogP) is 4.17. The second-order valence-electron chi connectivity index (χ2n) is 4.92. The number of allylic oxidation sites excluding steroid dienone is 1. The second-order valence-corrected chi connectivity index (χ2v) is 4.92. The highest BCUT2D eigenvalue weighted by Crippen LogP contribution is 2.22. The Morgan fingerprint density at radius 2 is 2.13 bits per heavy atom. The second kappa shape index (κ2) is 7.92. The van der Waals surface area contributed by atoms with Crippen LogP contribution >= 0.6 is 0 Å². The minimum Gasteiger partial charge on any atom is -0.327 e. The van der Waals surface area contributed by atoms with Crippen LogP contribution in [0.3, 0.4) is 0 Å². The summed E-state index contributed by atoms with van der Waals surface area (Å²) in [6.45, 7) is 2.26. The Bertz CT molecular complexity index is 184. The Hall–Kier alpha value is -0.300. The molecular formula is C14H27N. The molecule has 0 aromatic heterocycles. The SMILES string of the molecule is CCCCCCC(N)CC1=CCCCC1. The van der Waals surface area contributed by atoms with Gasteiger partial charge >= 0.3 is 0 Å². The van der Waals surface area contributed by atoms with Gasteiger partial charge in [-0.1, -0.05) is 44.3 Å². The van der Waals surface area contributed by atoms with Crippen LogP contribution in [0.25, 0.3) is 0 Å². The zero-order chi connectivity index (χ0) is 10.9. The third-order valence-electron chi connectivity index (χ3n) is 3.34. The molecule has 0 saturated carbocycles. The summed E-state index contributed by atoms with van der Waals surface area (Å²) in [4.78, 5) is 0. The van der Waals surface area contributed by atoms with Crippen molar-refractivity contribution in [2.45, 2.75) is 77.2 Å². The van der Waals surface area contributed by atoms with Gasteiger partial charge in [-0.25, -0.2) is 0 Å². The largest absolute Gasteiger partial charge is 0.327 e. The lowest BCUT2D eigenvalue weighted by Gasteiger charge is -2.17. The molecule has 0 amide bonds.